The summed E-state index contributed by atoms with van der Waals surface area (Å²) in [7, 11) is 0. The zero-order valence-electron chi connectivity index (χ0n) is 8.96. The van der Waals surface area contributed by atoms with E-state index in [0.717, 1.165) is 24.3 Å². The lowest BCUT2D eigenvalue weighted by Gasteiger charge is -2.10. The molecule has 1 aliphatic heterocycles. The average Bonchev–Trinajstić information content (AvgIpc) is 2.72. The number of fused-ring (bicyclic) bond motifs is 1. The second kappa shape index (κ2) is 4.78. The third-order valence-corrected chi connectivity index (χ3v) is 2.84. The molecular weight excluding hydrogens is 212 g/mol. The van der Waals surface area contributed by atoms with Crippen LogP contribution in [-0.2, 0) is 12.8 Å². The van der Waals surface area contributed by atoms with Gasteiger partial charge in [0.05, 0.1) is 12.6 Å². The zero-order chi connectivity index (χ0) is 11.5. The topological polar surface area (TPSA) is 35.2 Å². The molecule has 0 fully saturated rings. The van der Waals surface area contributed by atoms with Gasteiger partial charge in [-0.1, -0.05) is 12.1 Å². The molecule has 0 spiro atoms. The molecule has 2 rings (SSSR count). The van der Waals surface area contributed by atoms with Crippen LogP contribution in [0.3, 0.4) is 0 Å². The molecule has 1 atom stereocenters. The summed E-state index contributed by atoms with van der Waals surface area (Å²) in [5.74, 6) is 0.918. The number of hydrogen-bond acceptors (Lipinski definition) is 2. The van der Waals surface area contributed by atoms with Crippen LogP contribution in [0, 0.1) is 0 Å². The van der Waals surface area contributed by atoms with Crippen molar-refractivity contribution in [1.82, 2.24) is 0 Å². The van der Waals surface area contributed by atoms with E-state index < -0.39 is 12.5 Å². The van der Waals surface area contributed by atoms with Gasteiger partial charge in [-0.15, -0.1) is 0 Å². The molecule has 1 heterocycles. The van der Waals surface area contributed by atoms with E-state index in [2.05, 4.69) is 0 Å². The first-order chi connectivity index (χ1) is 7.66. The number of ether oxygens (including phenoxy) is 1. The second-order valence-electron chi connectivity index (χ2n) is 4.08. The van der Waals surface area contributed by atoms with Gasteiger partial charge in [-0.05, 0) is 30.0 Å². The molecule has 16 heavy (non-hydrogen) atoms. The Bertz CT molecular complexity index is 368. The monoisotopic (exact) mass is 227 g/mol. The minimum atomic E-state index is -2.43. The van der Waals surface area contributed by atoms with E-state index in [-0.39, 0.29) is 0 Å². The van der Waals surface area contributed by atoms with Crippen LogP contribution in [0.15, 0.2) is 18.2 Å². The molecule has 0 radical (unpaired) electrons. The van der Waals surface area contributed by atoms with Gasteiger partial charge in [-0.3, -0.25) is 0 Å². The van der Waals surface area contributed by atoms with Crippen LogP contribution < -0.4 is 10.5 Å². The fraction of sp³-hybridized carbons (Fsp3) is 0.500. The highest BCUT2D eigenvalue weighted by Crippen LogP contribution is 2.26. The lowest BCUT2D eigenvalue weighted by molar-refractivity contribution is 0.112. The average molecular weight is 227 g/mol. The summed E-state index contributed by atoms with van der Waals surface area (Å²) in [6.45, 7) is 0.718. The first-order valence-electron chi connectivity index (χ1n) is 5.45. The van der Waals surface area contributed by atoms with Crippen molar-refractivity contribution in [3.05, 3.63) is 29.3 Å². The van der Waals surface area contributed by atoms with Crippen LogP contribution in [0.2, 0.25) is 0 Å². The third kappa shape index (κ3) is 2.50. The summed E-state index contributed by atoms with van der Waals surface area (Å²) in [5.41, 5.74) is 7.53. The van der Waals surface area contributed by atoms with Gasteiger partial charge in [0.2, 0.25) is 0 Å². The zero-order valence-corrected chi connectivity index (χ0v) is 8.96. The fourth-order valence-corrected chi connectivity index (χ4v) is 1.85. The predicted octanol–water partition coefficient (Wildman–Crippen LogP) is 2.15. The maximum absolute atomic E-state index is 12.2. The Morgan fingerprint density at radius 1 is 1.38 bits per heavy atom. The number of alkyl halides is 2. The first kappa shape index (κ1) is 11.3. The van der Waals surface area contributed by atoms with Gasteiger partial charge in [0.15, 0.2) is 0 Å². The summed E-state index contributed by atoms with van der Waals surface area (Å²) in [5, 5.41) is 0. The van der Waals surface area contributed by atoms with E-state index in [1.54, 1.807) is 0 Å². The van der Waals surface area contributed by atoms with Gasteiger partial charge in [0.25, 0.3) is 6.43 Å². The number of rotatable bonds is 4. The van der Waals surface area contributed by atoms with Crippen LogP contribution in [0.5, 0.6) is 5.75 Å². The SMILES string of the molecule is NC(CCc1ccc2c(c1)CCO2)C(F)F. The van der Waals surface area contributed by atoms with Crippen molar-refractivity contribution in [2.75, 3.05) is 6.61 Å². The molecule has 0 saturated heterocycles. The molecule has 0 amide bonds. The lowest BCUT2D eigenvalue weighted by Crippen LogP contribution is -2.28. The van der Waals surface area contributed by atoms with Gasteiger partial charge in [0.1, 0.15) is 5.75 Å². The van der Waals surface area contributed by atoms with Gasteiger partial charge < -0.3 is 10.5 Å². The Morgan fingerprint density at radius 3 is 2.94 bits per heavy atom. The molecule has 1 aliphatic rings. The van der Waals surface area contributed by atoms with Crippen LogP contribution in [-0.4, -0.2) is 19.1 Å². The summed E-state index contributed by atoms with van der Waals surface area (Å²) in [6.07, 6.45) is -0.613. The molecule has 0 aromatic heterocycles. The van der Waals surface area contributed by atoms with E-state index in [0.29, 0.717) is 12.8 Å². The van der Waals surface area contributed by atoms with E-state index in [9.17, 15) is 8.78 Å². The Morgan fingerprint density at radius 2 is 2.19 bits per heavy atom. The van der Waals surface area contributed by atoms with Crippen molar-refractivity contribution < 1.29 is 13.5 Å². The van der Waals surface area contributed by atoms with Crippen LogP contribution >= 0.6 is 0 Å². The molecule has 1 unspecified atom stereocenters. The van der Waals surface area contributed by atoms with Crippen molar-refractivity contribution >= 4 is 0 Å². The van der Waals surface area contributed by atoms with E-state index in [1.807, 2.05) is 18.2 Å². The molecule has 88 valence electrons. The molecular formula is C12H15F2NO. The summed E-state index contributed by atoms with van der Waals surface area (Å²) >= 11 is 0. The largest absolute Gasteiger partial charge is 0.493 e. The Hall–Kier alpha value is -1.16. The lowest BCUT2D eigenvalue weighted by atomic mass is 10.0. The highest BCUT2D eigenvalue weighted by molar-refractivity contribution is 5.39. The van der Waals surface area contributed by atoms with E-state index in [4.69, 9.17) is 10.5 Å². The Balaban J connectivity index is 1.95. The Kier molecular flexibility index (Phi) is 3.39. The molecule has 2 N–H and O–H groups in total. The normalized spacial score (nSPS) is 16.0. The van der Waals surface area contributed by atoms with E-state index >= 15 is 0 Å². The molecule has 2 nitrogen and oxygen atoms in total. The fourth-order valence-electron chi connectivity index (χ4n) is 1.85. The predicted molar refractivity (Wildman–Crippen MR) is 57.9 cm³/mol. The van der Waals surface area contributed by atoms with Crippen molar-refractivity contribution in [2.45, 2.75) is 31.7 Å². The molecule has 0 bridgehead atoms. The summed E-state index contributed by atoms with van der Waals surface area (Å²) in [6, 6.07) is 4.83. The van der Waals surface area contributed by atoms with Crippen molar-refractivity contribution in [3.8, 4) is 5.75 Å². The highest BCUT2D eigenvalue weighted by atomic mass is 19.3. The van der Waals surface area contributed by atoms with Gasteiger partial charge >= 0.3 is 0 Å². The number of benzene rings is 1. The van der Waals surface area contributed by atoms with E-state index in [1.165, 1.54) is 5.56 Å². The quantitative estimate of drug-likeness (QED) is 0.855. The number of aryl methyl sites for hydroxylation is 1. The van der Waals surface area contributed by atoms with Gasteiger partial charge in [-0.25, -0.2) is 8.78 Å². The molecule has 1 aromatic rings. The summed E-state index contributed by atoms with van der Waals surface area (Å²) in [4.78, 5) is 0. The molecule has 4 heteroatoms. The van der Waals surface area contributed by atoms with Crippen LogP contribution in [0.4, 0.5) is 8.78 Å². The highest BCUT2D eigenvalue weighted by Gasteiger charge is 2.16. The molecule has 1 aromatic carbocycles. The van der Waals surface area contributed by atoms with Gasteiger partial charge in [0, 0.05) is 6.42 Å². The van der Waals surface area contributed by atoms with Crippen LogP contribution in [0.1, 0.15) is 17.5 Å². The van der Waals surface area contributed by atoms with Crippen molar-refractivity contribution in [2.24, 2.45) is 5.73 Å². The Labute approximate surface area is 93.4 Å². The second-order valence-corrected chi connectivity index (χ2v) is 4.08. The first-order valence-corrected chi connectivity index (χ1v) is 5.45. The van der Waals surface area contributed by atoms with Crippen molar-refractivity contribution in [3.63, 3.8) is 0 Å². The molecule has 0 saturated carbocycles. The number of halogens is 2. The summed E-state index contributed by atoms with van der Waals surface area (Å²) < 4.78 is 29.8. The smallest absolute Gasteiger partial charge is 0.253 e. The van der Waals surface area contributed by atoms with Gasteiger partial charge in [-0.2, -0.15) is 0 Å². The van der Waals surface area contributed by atoms with Crippen LogP contribution in [0.25, 0.3) is 0 Å². The minimum absolute atomic E-state index is 0.317. The number of hydrogen-bond donors (Lipinski definition) is 1. The maximum atomic E-state index is 12.2. The van der Waals surface area contributed by atoms with Crippen molar-refractivity contribution in [1.29, 1.82) is 0 Å². The third-order valence-electron chi connectivity index (χ3n) is 2.84. The number of nitrogens with two attached hydrogens (primary N) is 1. The molecule has 0 aliphatic carbocycles. The standard InChI is InChI=1S/C12H15F2NO/c13-12(14)10(15)3-1-8-2-4-11-9(7-8)5-6-16-11/h2,4,7,10,12H,1,3,5-6,15H2. The minimum Gasteiger partial charge on any atom is -0.493 e. The maximum Gasteiger partial charge on any atom is 0.253 e.